The summed E-state index contributed by atoms with van der Waals surface area (Å²) >= 11 is 2.45. The van der Waals surface area contributed by atoms with Crippen LogP contribution in [0.15, 0.2) is 0 Å². The van der Waals surface area contributed by atoms with Gasteiger partial charge < -0.3 is 9.47 Å². The molecule has 0 aromatic carbocycles. The Morgan fingerprint density at radius 1 is 1.21 bits per heavy atom. The van der Waals surface area contributed by atoms with E-state index in [1.165, 1.54) is 30.1 Å². The first kappa shape index (κ1) is 17.7. The van der Waals surface area contributed by atoms with E-state index in [4.69, 9.17) is 9.47 Å². The molecule has 2 nitrogen and oxygen atoms in total. The number of alkyl halides is 1. The maximum absolute atomic E-state index is 6.26. The maximum atomic E-state index is 6.26. The van der Waals surface area contributed by atoms with Crippen molar-refractivity contribution in [2.75, 3.05) is 11.5 Å². The average Bonchev–Trinajstić information content (AvgIpc) is 2.45. The van der Waals surface area contributed by atoms with Crippen LogP contribution in [0.25, 0.3) is 0 Å². The Morgan fingerprint density at radius 3 is 2.42 bits per heavy atom. The summed E-state index contributed by atoms with van der Waals surface area (Å²) < 4.78 is 13.0. The smallest absolute Gasteiger partial charge is 0.0599 e. The van der Waals surface area contributed by atoms with Gasteiger partial charge in [-0.15, -0.1) is 0 Å². The van der Waals surface area contributed by atoms with Gasteiger partial charge in [-0.05, 0) is 50.9 Å². The highest BCUT2D eigenvalue weighted by atomic mass is 127. The Labute approximate surface area is 133 Å². The molecule has 19 heavy (non-hydrogen) atoms. The van der Waals surface area contributed by atoms with Crippen molar-refractivity contribution in [3.8, 4) is 0 Å². The van der Waals surface area contributed by atoms with Crippen LogP contribution < -0.4 is 0 Å². The highest BCUT2D eigenvalue weighted by Gasteiger charge is 2.33. The summed E-state index contributed by atoms with van der Waals surface area (Å²) in [6.07, 6.45) is 6.16. The number of rotatable bonds is 7. The molecule has 0 aromatic heterocycles. The Kier molecular flexibility index (Phi) is 8.23. The first-order chi connectivity index (χ1) is 9.03. The third-order valence-corrected chi connectivity index (χ3v) is 6.31. The van der Waals surface area contributed by atoms with E-state index < -0.39 is 0 Å². The van der Waals surface area contributed by atoms with E-state index in [-0.39, 0.29) is 0 Å². The summed E-state index contributed by atoms with van der Waals surface area (Å²) in [7, 11) is 1.86. The highest BCUT2D eigenvalue weighted by Crippen LogP contribution is 2.36. The van der Waals surface area contributed by atoms with E-state index >= 15 is 0 Å². The van der Waals surface area contributed by atoms with E-state index in [0.29, 0.717) is 36.1 Å². The largest absolute Gasteiger partial charge is 0.381 e. The van der Waals surface area contributed by atoms with Crippen LogP contribution in [0.2, 0.25) is 0 Å². The molecule has 0 spiro atoms. The van der Waals surface area contributed by atoms with Crippen LogP contribution in [0.4, 0.5) is 0 Å². The zero-order valence-electron chi connectivity index (χ0n) is 13.2. The number of methoxy groups -OCH3 is 1. The van der Waals surface area contributed by atoms with Crippen molar-refractivity contribution in [3.05, 3.63) is 0 Å². The second kappa shape index (κ2) is 8.83. The fraction of sp³-hybridized carbons (Fsp3) is 1.00. The predicted octanol–water partition coefficient (Wildman–Crippen LogP) is 4.69. The monoisotopic (exact) mass is 382 g/mol. The van der Waals surface area contributed by atoms with Gasteiger partial charge in [-0.1, -0.05) is 42.9 Å². The van der Waals surface area contributed by atoms with Crippen molar-refractivity contribution in [1.29, 1.82) is 0 Å². The van der Waals surface area contributed by atoms with Gasteiger partial charge >= 0.3 is 0 Å². The van der Waals surface area contributed by atoms with Gasteiger partial charge in [0, 0.05) is 11.5 Å². The molecule has 0 saturated heterocycles. The van der Waals surface area contributed by atoms with E-state index in [9.17, 15) is 0 Å². The molecule has 0 amide bonds. The number of hydrogen-bond donors (Lipinski definition) is 0. The van der Waals surface area contributed by atoms with Crippen molar-refractivity contribution in [2.45, 2.75) is 71.7 Å². The summed E-state index contributed by atoms with van der Waals surface area (Å²) in [5, 5.41) is 0. The van der Waals surface area contributed by atoms with E-state index in [1.54, 1.807) is 0 Å². The minimum Gasteiger partial charge on any atom is -0.381 e. The molecular formula is C16H31IO2. The van der Waals surface area contributed by atoms with Gasteiger partial charge in [0.25, 0.3) is 0 Å². The van der Waals surface area contributed by atoms with Crippen LogP contribution >= 0.6 is 22.6 Å². The molecule has 5 unspecified atom stereocenters. The lowest BCUT2D eigenvalue weighted by Gasteiger charge is -2.38. The molecule has 3 heteroatoms. The summed E-state index contributed by atoms with van der Waals surface area (Å²) in [5.74, 6) is 2.06. The lowest BCUT2D eigenvalue weighted by Crippen LogP contribution is -2.37. The predicted molar refractivity (Wildman–Crippen MR) is 90.0 cm³/mol. The summed E-state index contributed by atoms with van der Waals surface area (Å²) in [6, 6.07) is 0. The van der Waals surface area contributed by atoms with Crippen LogP contribution in [0.3, 0.4) is 0 Å². The average molecular weight is 382 g/mol. The molecule has 1 aliphatic rings. The third kappa shape index (κ3) is 5.16. The Hall–Kier alpha value is 0.650. The van der Waals surface area contributed by atoms with Crippen LogP contribution in [0.1, 0.15) is 53.4 Å². The SMILES string of the molecule is CCC1CC(C(C)OC(C)C(C)CI)CC[C@@H]1OC. The first-order valence-electron chi connectivity index (χ1n) is 7.77. The summed E-state index contributed by atoms with van der Waals surface area (Å²) in [6.45, 7) is 9.05. The fourth-order valence-electron chi connectivity index (χ4n) is 3.15. The lowest BCUT2D eigenvalue weighted by atomic mass is 9.76. The fourth-order valence-corrected chi connectivity index (χ4v) is 3.86. The molecule has 0 radical (unpaired) electrons. The Morgan fingerprint density at radius 2 is 1.89 bits per heavy atom. The van der Waals surface area contributed by atoms with Gasteiger partial charge in [-0.2, -0.15) is 0 Å². The third-order valence-electron chi connectivity index (χ3n) is 4.92. The maximum Gasteiger partial charge on any atom is 0.0599 e. The van der Waals surface area contributed by atoms with E-state index in [1.807, 2.05) is 7.11 Å². The van der Waals surface area contributed by atoms with Gasteiger partial charge in [0.1, 0.15) is 0 Å². The molecule has 1 fully saturated rings. The van der Waals surface area contributed by atoms with E-state index in [2.05, 4.69) is 50.3 Å². The molecular weight excluding hydrogens is 351 g/mol. The molecule has 1 saturated carbocycles. The van der Waals surface area contributed by atoms with Gasteiger partial charge in [-0.3, -0.25) is 0 Å². The highest BCUT2D eigenvalue weighted by molar-refractivity contribution is 14.1. The molecule has 114 valence electrons. The van der Waals surface area contributed by atoms with Gasteiger partial charge in [0.2, 0.25) is 0 Å². The van der Waals surface area contributed by atoms with Crippen molar-refractivity contribution in [1.82, 2.24) is 0 Å². The summed E-state index contributed by atoms with van der Waals surface area (Å²) in [5.41, 5.74) is 0. The molecule has 0 aromatic rings. The van der Waals surface area contributed by atoms with Crippen molar-refractivity contribution >= 4 is 22.6 Å². The lowest BCUT2D eigenvalue weighted by molar-refractivity contribution is -0.0741. The normalized spacial score (nSPS) is 32.8. The van der Waals surface area contributed by atoms with Crippen LogP contribution in [0.5, 0.6) is 0 Å². The molecule has 0 aliphatic heterocycles. The molecule has 0 heterocycles. The van der Waals surface area contributed by atoms with Crippen LogP contribution in [0, 0.1) is 17.8 Å². The number of halogens is 1. The molecule has 1 rings (SSSR count). The zero-order chi connectivity index (χ0) is 14.4. The molecule has 6 atom stereocenters. The number of hydrogen-bond acceptors (Lipinski definition) is 2. The Balaban J connectivity index is 2.47. The molecule has 0 bridgehead atoms. The number of ether oxygens (including phenoxy) is 2. The standard InChI is InChI=1S/C16H31IO2/c1-6-14-9-15(7-8-16(14)18-5)13(4)19-12(3)11(2)10-17/h11-16H,6-10H2,1-5H3/t11?,12?,13?,14?,15?,16-/m0/s1. The van der Waals surface area contributed by atoms with Crippen molar-refractivity contribution < 1.29 is 9.47 Å². The topological polar surface area (TPSA) is 18.5 Å². The second-order valence-electron chi connectivity index (χ2n) is 6.19. The quantitative estimate of drug-likeness (QED) is 0.470. The van der Waals surface area contributed by atoms with Gasteiger partial charge in [0.05, 0.1) is 18.3 Å². The van der Waals surface area contributed by atoms with Crippen LogP contribution in [-0.2, 0) is 9.47 Å². The first-order valence-corrected chi connectivity index (χ1v) is 9.30. The Bertz CT molecular complexity index is 247. The second-order valence-corrected chi connectivity index (χ2v) is 7.07. The van der Waals surface area contributed by atoms with Gasteiger partial charge in [0.15, 0.2) is 0 Å². The van der Waals surface area contributed by atoms with Gasteiger partial charge in [-0.25, -0.2) is 0 Å². The van der Waals surface area contributed by atoms with Crippen LogP contribution in [-0.4, -0.2) is 29.8 Å². The minimum absolute atomic E-state index is 0.368. The van der Waals surface area contributed by atoms with Crippen molar-refractivity contribution in [2.24, 2.45) is 17.8 Å². The minimum atomic E-state index is 0.368. The molecule has 1 aliphatic carbocycles. The van der Waals surface area contributed by atoms with E-state index in [0.717, 1.165) is 0 Å². The molecule has 0 N–H and O–H groups in total. The van der Waals surface area contributed by atoms with Crippen molar-refractivity contribution in [3.63, 3.8) is 0 Å². The zero-order valence-corrected chi connectivity index (χ0v) is 15.4. The summed E-state index contributed by atoms with van der Waals surface area (Å²) in [4.78, 5) is 0.